The second-order valence-corrected chi connectivity index (χ2v) is 20.8. The Balaban J connectivity index is 0.000000119. The molecule has 16 rings (SSSR count). The third-order valence-corrected chi connectivity index (χ3v) is 16.1. The lowest BCUT2D eigenvalue weighted by molar-refractivity contribution is 0.451. The van der Waals surface area contributed by atoms with Gasteiger partial charge in [-0.15, -0.1) is 0 Å². The molecule has 0 aliphatic heterocycles. The standard InChI is InChI=1S/C36H22O3.C18H12BO3.C18H11IO2/c37-30-20-21-31-33(29-19-8-15-25(35(29)38-31)23-12-5-2-6-13-23)32(30)28-18-9-17-27-26-16-7-14-24(34(26)39-36(27)28)22-10-3-1-4-11-22;20-19-22-16-11-5-10-15-14-9-4-8-13(17(14)21-18(15)16)12-6-2-1-3-7-12;19-17-14(20)9-10-15-16(17)13-8-4-7-12(18(13)21-15)11-5-2-1-3-6-11/h1-21,37H;1-11,20H;1-10,20H. The van der Waals surface area contributed by atoms with Crippen LogP contribution in [0.15, 0.2) is 272 Å². The van der Waals surface area contributed by atoms with E-state index in [9.17, 15) is 10.2 Å². The maximum atomic E-state index is 11.3. The second kappa shape index (κ2) is 21.2. The first-order valence-electron chi connectivity index (χ1n) is 26.6. The zero-order chi connectivity index (χ0) is 55.3. The number of para-hydroxylation sites is 6. The minimum absolute atomic E-state index is 0.187. The van der Waals surface area contributed by atoms with Gasteiger partial charge in [0.25, 0.3) is 0 Å². The van der Waals surface area contributed by atoms with Crippen LogP contribution in [0.5, 0.6) is 17.2 Å². The van der Waals surface area contributed by atoms with E-state index < -0.39 is 0 Å². The molecule has 0 saturated heterocycles. The van der Waals surface area contributed by atoms with E-state index in [1.165, 1.54) is 0 Å². The monoisotopic (exact) mass is 1180 g/mol. The number of phenolic OH excluding ortho intramolecular Hbond substituents is 2. The summed E-state index contributed by atoms with van der Waals surface area (Å²) in [6.07, 6.45) is 0. The van der Waals surface area contributed by atoms with Crippen molar-refractivity contribution in [3.63, 3.8) is 0 Å². The van der Waals surface area contributed by atoms with Gasteiger partial charge in [-0.3, -0.25) is 0 Å². The van der Waals surface area contributed by atoms with E-state index in [0.29, 0.717) is 24.6 Å². The molecule has 4 heterocycles. The van der Waals surface area contributed by atoms with Crippen molar-refractivity contribution < 1.29 is 37.6 Å². The predicted octanol–water partition coefficient (Wildman–Crippen LogP) is 19.9. The molecule has 10 heteroatoms. The molecule has 0 saturated carbocycles. The largest absolute Gasteiger partial charge is 0.569 e. The number of benzene rings is 12. The Kier molecular flexibility index (Phi) is 13.0. The van der Waals surface area contributed by atoms with Gasteiger partial charge in [-0.1, -0.05) is 224 Å². The van der Waals surface area contributed by atoms with Crippen LogP contribution in [-0.4, -0.2) is 22.9 Å². The molecule has 3 N–H and O–H groups in total. The van der Waals surface area contributed by atoms with Crippen LogP contribution in [-0.2, 0) is 0 Å². The minimum atomic E-state index is 0.187. The number of furan rings is 4. The number of hydrogen-bond donors (Lipinski definition) is 3. The average molecular weight is 1180 g/mol. The molecule has 0 amide bonds. The average Bonchev–Trinajstić information content (AvgIpc) is 4.31. The number of aromatic hydroxyl groups is 2. The number of fused-ring (bicyclic) bond motifs is 12. The third kappa shape index (κ3) is 8.76. The SMILES string of the molecule is O[B]Oc1cccc2c1oc1c(-c3ccccc3)cccc12.Oc1ccc2oc3c(-c4ccccc4)cccc3c2c1-c1cccc2c1oc1c(-c3ccccc3)cccc12.Oc1ccc2oc3c(-c4ccccc4)cccc3c2c1I. The Bertz CT molecular complexity index is 5030. The molecule has 16 aromatic rings. The van der Waals surface area contributed by atoms with Crippen LogP contribution >= 0.6 is 22.6 Å². The second-order valence-electron chi connectivity index (χ2n) is 19.7. The van der Waals surface area contributed by atoms with Crippen molar-refractivity contribution >= 4 is 118 Å². The zero-order valence-corrected chi connectivity index (χ0v) is 45.7. The van der Waals surface area contributed by atoms with Crippen LogP contribution in [0.4, 0.5) is 0 Å². The quantitative estimate of drug-likeness (QED) is 0.107. The van der Waals surface area contributed by atoms with Crippen LogP contribution in [0.25, 0.3) is 143 Å². The van der Waals surface area contributed by atoms with Gasteiger partial charge in [0.15, 0.2) is 5.58 Å². The van der Waals surface area contributed by atoms with Crippen LogP contribution < -0.4 is 4.65 Å². The normalized spacial score (nSPS) is 11.4. The lowest BCUT2D eigenvalue weighted by Crippen LogP contribution is -1.99. The summed E-state index contributed by atoms with van der Waals surface area (Å²) in [7, 11) is 0.667. The molecule has 0 fully saturated rings. The molecule has 0 aliphatic carbocycles. The van der Waals surface area contributed by atoms with E-state index >= 15 is 0 Å². The van der Waals surface area contributed by atoms with Crippen molar-refractivity contribution in [3.8, 4) is 72.9 Å². The molecule has 0 unspecified atom stereocenters. The van der Waals surface area contributed by atoms with Gasteiger partial charge in [0.1, 0.15) is 56.3 Å². The maximum Gasteiger partial charge on any atom is 0.569 e. The topological polar surface area (TPSA) is 122 Å². The Morgan fingerprint density at radius 2 is 0.646 bits per heavy atom. The van der Waals surface area contributed by atoms with E-state index in [2.05, 4.69) is 114 Å². The molecule has 12 aromatic carbocycles. The van der Waals surface area contributed by atoms with Crippen molar-refractivity contribution in [2.45, 2.75) is 0 Å². The predicted molar refractivity (Wildman–Crippen MR) is 340 cm³/mol. The molecular weight excluding hydrogens is 1130 g/mol. The van der Waals surface area contributed by atoms with E-state index in [4.69, 9.17) is 27.3 Å². The van der Waals surface area contributed by atoms with E-state index in [1.807, 2.05) is 146 Å². The molecule has 0 atom stereocenters. The first-order valence-corrected chi connectivity index (χ1v) is 27.7. The summed E-state index contributed by atoms with van der Waals surface area (Å²) in [4.78, 5) is 0. The molecule has 0 spiro atoms. The van der Waals surface area contributed by atoms with Gasteiger partial charge in [0, 0.05) is 76.5 Å². The van der Waals surface area contributed by atoms with E-state index in [-0.39, 0.29) is 11.5 Å². The number of rotatable bonds is 7. The third-order valence-electron chi connectivity index (χ3n) is 15.0. The number of phenols is 2. The van der Waals surface area contributed by atoms with Crippen LogP contribution in [0.1, 0.15) is 0 Å². The van der Waals surface area contributed by atoms with Gasteiger partial charge < -0.3 is 37.6 Å². The zero-order valence-electron chi connectivity index (χ0n) is 43.6. The van der Waals surface area contributed by atoms with Gasteiger partial charge in [-0.25, -0.2) is 0 Å². The fraction of sp³-hybridized carbons (Fsp3) is 0. The fourth-order valence-corrected chi connectivity index (χ4v) is 12.1. The molecule has 0 bridgehead atoms. The Hall–Kier alpha value is -10.0. The first-order chi connectivity index (χ1) is 40.4. The molecule has 82 heavy (non-hydrogen) atoms. The molecule has 0 aliphatic rings. The summed E-state index contributed by atoms with van der Waals surface area (Å²) in [5.74, 6) is 0.970. The highest BCUT2D eigenvalue weighted by molar-refractivity contribution is 14.1. The Morgan fingerprint density at radius 3 is 1.10 bits per heavy atom. The Labute approximate surface area is 483 Å². The highest BCUT2D eigenvalue weighted by atomic mass is 127. The summed E-state index contributed by atoms with van der Waals surface area (Å²) < 4.78 is 31.2. The lowest BCUT2D eigenvalue weighted by atomic mass is 9.95. The summed E-state index contributed by atoms with van der Waals surface area (Å²) >= 11 is 2.16. The highest BCUT2D eigenvalue weighted by Gasteiger charge is 2.24. The highest BCUT2D eigenvalue weighted by Crippen LogP contribution is 2.48. The molecular formula is C72H45BIO8. The fourth-order valence-electron chi connectivity index (χ4n) is 11.3. The van der Waals surface area contributed by atoms with Gasteiger partial charge in [0.2, 0.25) is 0 Å². The summed E-state index contributed by atoms with van der Waals surface area (Å²) in [6.45, 7) is 0. The summed E-state index contributed by atoms with van der Waals surface area (Å²) in [6, 6.07) is 84.3. The molecule has 4 aromatic heterocycles. The van der Waals surface area contributed by atoms with Crippen LogP contribution in [0.2, 0.25) is 0 Å². The van der Waals surface area contributed by atoms with Crippen molar-refractivity contribution in [3.05, 3.63) is 258 Å². The summed E-state index contributed by atoms with van der Waals surface area (Å²) in [5.41, 5.74) is 16.3. The van der Waals surface area contributed by atoms with Crippen molar-refractivity contribution in [1.82, 2.24) is 0 Å². The van der Waals surface area contributed by atoms with Crippen molar-refractivity contribution in [1.29, 1.82) is 0 Å². The molecule has 1 radical (unpaired) electrons. The van der Waals surface area contributed by atoms with Gasteiger partial charge in [-0.05, 0) is 75.2 Å². The summed E-state index contributed by atoms with van der Waals surface area (Å²) in [5, 5.41) is 38.0. The minimum Gasteiger partial charge on any atom is -0.535 e. The number of halogens is 1. The molecule has 8 nitrogen and oxygen atoms in total. The Morgan fingerprint density at radius 1 is 0.305 bits per heavy atom. The first kappa shape index (κ1) is 50.2. The molecule has 391 valence electrons. The van der Waals surface area contributed by atoms with Gasteiger partial charge in [0.05, 0.1) is 3.57 Å². The van der Waals surface area contributed by atoms with Gasteiger partial charge >= 0.3 is 7.69 Å². The van der Waals surface area contributed by atoms with Crippen molar-refractivity contribution in [2.24, 2.45) is 0 Å². The van der Waals surface area contributed by atoms with E-state index in [1.54, 1.807) is 18.2 Å². The van der Waals surface area contributed by atoms with Gasteiger partial charge in [-0.2, -0.15) is 0 Å². The van der Waals surface area contributed by atoms with Crippen LogP contribution in [0.3, 0.4) is 0 Å². The number of hydrogen-bond acceptors (Lipinski definition) is 8. The van der Waals surface area contributed by atoms with E-state index in [0.717, 1.165) is 136 Å². The lowest BCUT2D eigenvalue weighted by Gasteiger charge is -2.08. The van der Waals surface area contributed by atoms with Crippen LogP contribution in [0, 0.1) is 3.57 Å². The smallest absolute Gasteiger partial charge is 0.535 e. The maximum absolute atomic E-state index is 11.3. The van der Waals surface area contributed by atoms with Crippen molar-refractivity contribution in [2.75, 3.05) is 0 Å².